The van der Waals surface area contributed by atoms with Gasteiger partial charge in [0, 0.05) is 26.1 Å². The molecule has 0 aromatic heterocycles. The van der Waals surface area contributed by atoms with Crippen molar-refractivity contribution in [3.05, 3.63) is 35.4 Å². The van der Waals surface area contributed by atoms with Crippen LogP contribution in [0.1, 0.15) is 24.5 Å². The van der Waals surface area contributed by atoms with Crippen molar-refractivity contribution in [3.63, 3.8) is 0 Å². The summed E-state index contributed by atoms with van der Waals surface area (Å²) in [5.41, 5.74) is 2.25. The van der Waals surface area contributed by atoms with Gasteiger partial charge in [-0.3, -0.25) is 14.5 Å². The van der Waals surface area contributed by atoms with Crippen LogP contribution in [0.3, 0.4) is 0 Å². The molecule has 1 aliphatic heterocycles. The lowest BCUT2D eigenvalue weighted by Crippen LogP contribution is -2.46. The summed E-state index contributed by atoms with van der Waals surface area (Å²) in [6, 6.07) is 7.35. The standard InChI is InChI=1S/C15H20N2O3/c1-2-16-14(18)7-8-17-10-12-6-4-3-5-11(12)9-13(17)15(19)20/h3-6,13H,2,7-10H2,1H3,(H,16,18)(H,19,20)/t13-/m0/s1. The number of hydrogen-bond donors (Lipinski definition) is 2. The second-order valence-corrected chi connectivity index (χ2v) is 5.00. The van der Waals surface area contributed by atoms with Gasteiger partial charge in [0.2, 0.25) is 5.91 Å². The zero-order chi connectivity index (χ0) is 14.5. The van der Waals surface area contributed by atoms with Gasteiger partial charge in [-0.05, 0) is 24.5 Å². The summed E-state index contributed by atoms with van der Waals surface area (Å²) < 4.78 is 0. The van der Waals surface area contributed by atoms with Gasteiger partial charge in [-0.25, -0.2) is 0 Å². The van der Waals surface area contributed by atoms with Gasteiger partial charge in [0.05, 0.1) is 0 Å². The van der Waals surface area contributed by atoms with E-state index in [9.17, 15) is 14.7 Å². The van der Waals surface area contributed by atoms with E-state index in [4.69, 9.17) is 0 Å². The molecule has 1 aliphatic rings. The molecule has 0 bridgehead atoms. The Balaban J connectivity index is 2.06. The van der Waals surface area contributed by atoms with E-state index in [1.807, 2.05) is 36.1 Å². The maximum Gasteiger partial charge on any atom is 0.321 e. The number of carbonyl (C=O) groups is 2. The predicted octanol–water partition coefficient (Wildman–Crippen LogP) is 1.02. The van der Waals surface area contributed by atoms with E-state index in [0.717, 1.165) is 11.1 Å². The number of fused-ring (bicyclic) bond motifs is 1. The van der Waals surface area contributed by atoms with Crippen molar-refractivity contribution < 1.29 is 14.7 Å². The van der Waals surface area contributed by atoms with Crippen molar-refractivity contribution in [1.29, 1.82) is 0 Å². The van der Waals surface area contributed by atoms with Crippen LogP contribution in [0, 0.1) is 0 Å². The Kier molecular flexibility index (Phi) is 4.74. The first-order valence-corrected chi connectivity index (χ1v) is 6.92. The quantitative estimate of drug-likeness (QED) is 0.842. The van der Waals surface area contributed by atoms with E-state index in [2.05, 4.69) is 5.32 Å². The van der Waals surface area contributed by atoms with Gasteiger partial charge in [-0.1, -0.05) is 24.3 Å². The van der Waals surface area contributed by atoms with Crippen LogP contribution in [0.4, 0.5) is 0 Å². The summed E-state index contributed by atoms with van der Waals surface area (Å²) >= 11 is 0. The summed E-state index contributed by atoms with van der Waals surface area (Å²) in [7, 11) is 0. The number of carboxylic acid groups (broad SMARTS) is 1. The van der Waals surface area contributed by atoms with Crippen LogP contribution in [0.15, 0.2) is 24.3 Å². The molecule has 1 aromatic carbocycles. The molecule has 0 fully saturated rings. The molecule has 0 saturated carbocycles. The number of rotatable bonds is 5. The summed E-state index contributed by atoms with van der Waals surface area (Å²) in [5, 5.41) is 12.1. The highest BCUT2D eigenvalue weighted by Gasteiger charge is 2.31. The number of carboxylic acids is 1. The molecular formula is C15H20N2O3. The first kappa shape index (κ1) is 14.5. The van der Waals surface area contributed by atoms with Crippen molar-refractivity contribution in [2.45, 2.75) is 32.4 Å². The maximum absolute atomic E-state index is 11.5. The molecule has 5 heteroatoms. The fourth-order valence-corrected chi connectivity index (χ4v) is 2.59. The molecule has 1 amide bonds. The van der Waals surface area contributed by atoms with Crippen molar-refractivity contribution in [2.24, 2.45) is 0 Å². The highest BCUT2D eigenvalue weighted by Crippen LogP contribution is 2.23. The third-order valence-corrected chi connectivity index (χ3v) is 3.63. The van der Waals surface area contributed by atoms with Gasteiger partial charge in [0.15, 0.2) is 0 Å². The Bertz CT molecular complexity index is 502. The second-order valence-electron chi connectivity index (χ2n) is 5.00. The number of amides is 1. The zero-order valence-corrected chi connectivity index (χ0v) is 11.6. The molecule has 1 heterocycles. The minimum absolute atomic E-state index is 0.0319. The summed E-state index contributed by atoms with van der Waals surface area (Å²) in [6.07, 6.45) is 0.834. The van der Waals surface area contributed by atoms with Gasteiger partial charge < -0.3 is 10.4 Å². The van der Waals surface area contributed by atoms with Gasteiger partial charge >= 0.3 is 5.97 Å². The molecule has 1 atom stereocenters. The summed E-state index contributed by atoms with van der Waals surface area (Å²) in [5.74, 6) is -0.856. The Labute approximate surface area is 118 Å². The third-order valence-electron chi connectivity index (χ3n) is 3.63. The largest absolute Gasteiger partial charge is 0.480 e. The van der Waals surface area contributed by atoms with Gasteiger partial charge in [-0.2, -0.15) is 0 Å². The highest BCUT2D eigenvalue weighted by molar-refractivity contribution is 5.77. The number of aliphatic carboxylic acids is 1. The second kappa shape index (κ2) is 6.52. The highest BCUT2D eigenvalue weighted by atomic mass is 16.4. The van der Waals surface area contributed by atoms with E-state index in [1.54, 1.807) is 0 Å². The van der Waals surface area contributed by atoms with Crippen molar-refractivity contribution in [2.75, 3.05) is 13.1 Å². The molecule has 0 saturated heterocycles. The van der Waals surface area contributed by atoms with Gasteiger partial charge in [-0.15, -0.1) is 0 Å². The van der Waals surface area contributed by atoms with E-state index in [0.29, 0.717) is 32.5 Å². The van der Waals surface area contributed by atoms with Crippen LogP contribution in [0.5, 0.6) is 0 Å². The van der Waals surface area contributed by atoms with E-state index >= 15 is 0 Å². The average molecular weight is 276 g/mol. The lowest BCUT2D eigenvalue weighted by atomic mass is 9.94. The van der Waals surface area contributed by atoms with E-state index in [1.165, 1.54) is 0 Å². The summed E-state index contributed by atoms with van der Waals surface area (Å²) in [6.45, 7) is 3.53. The summed E-state index contributed by atoms with van der Waals surface area (Å²) in [4.78, 5) is 24.8. The van der Waals surface area contributed by atoms with Crippen LogP contribution < -0.4 is 5.32 Å². The molecule has 0 spiro atoms. The lowest BCUT2D eigenvalue weighted by molar-refractivity contribution is -0.144. The normalized spacial score (nSPS) is 18.4. The van der Waals surface area contributed by atoms with Crippen LogP contribution in [-0.2, 0) is 22.6 Å². The Morgan fingerprint density at radius 3 is 2.70 bits per heavy atom. The molecule has 0 unspecified atom stereocenters. The number of nitrogens with one attached hydrogen (secondary N) is 1. The number of nitrogens with zero attached hydrogens (tertiary/aromatic N) is 1. The average Bonchev–Trinajstić information content (AvgIpc) is 2.44. The van der Waals surface area contributed by atoms with Crippen LogP contribution >= 0.6 is 0 Å². The minimum atomic E-state index is -0.824. The molecule has 20 heavy (non-hydrogen) atoms. The SMILES string of the molecule is CCNC(=O)CCN1Cc2ccccc2C[C@H]1C(=O)O. The molecular weight excluding hydrogens is 256 g/mol. The number of carbonyl (C=O) groups excluding carboxylic acids is 1. The minimum Gasteiger partial charge on any atom is -0.480 e. The smallest absolute Gasteiger partial charge is 0.321 e. The van der Waals surface area contributed by atoms with E-state index < -0.39 is 12.0 Å². The topological polar surface area (TPSA) is 69.6 Å². The Morgan fingerprint density at radius 1 is 1.35 bits per heavy atom. The van der Waals surface area contributed by atoms with Crippen LogP contribution in [0.2, 0.25) is 0 Å². The lowest BCUT2D eigenvalue weighted by Gasteiger charge is -2.34. The molecule has 108 valence electrons. The molecule has 2 rings (SSSR count). The maximum atomic E-state index is 11.5. The zero-order valence-electron chi connectivity index (χ0n) is 11.6. The first-order valence-electron chi connectivity index (χ1n) is 6.92. The number of benzene rings is 1. The molecule has 0 aliphatic carbocycles. The van der Waals surface area contributed by atoms with Gasteiger partial charge in [0.1, 0.15) is 6.04 Å². The Morgan fingerprint density at radius 2 is 2.05 bits per heavy atom. The third kappa shape index (κ3) is 3.36. The van der Waals surface area contributed by atoms with Crippen LogP contribution in [-0.4, -0.2) is 41.0 Å². The molecule has 2 N–H and O–H groups in total. The molecule has 5 nitrogen and oxygen atoms in total. The van der Waals surface area contributed by atoms with Crippen molar-refractivity contribution in [3.8, 4) is 0 Å². The monoisotopic (exact) mass is 276 g/mol. The first-order chi connectivity index (χ1) is 9.61. The van der Waals surface area contributed by atoms with Crippen LogP contribution in [0.25, 0.3) is 0 Å². The number of hydrogen-bond acceptors (Lipinski definition) is 3. The van der Waals surface area contributed by atoms with Gasteiger partial charge in [0.25, 0.3) is 0 Å². The predicted molar refractivity (Wildman–Crippen MR) is 75.3 cm³/mol. The van der Waals surface area contributed by atoms with Crippen molar-refractivity contribution >= 4 is 11.9 Å². The molecule has 0 radical (unpaired) electrons. The fourth-order valence-electron chi connectivity index (χ4n) is 2.59. The van der Waals surface area contributed by atoms with Crippen molar-refractivity contribution in [1.82, 2.24) is 10.2 Å². The molecule has 1 aromatic rings. The Hall–Kier alpha value is -1.88. The fraction of sp³-hybridized carbons (Fsp3) is 0.467. The van der Waals surface area contributed by atoms with E-state index in [-0.39, 0.29) is 5.91 Å².